The van der Waals surface area contributed by atoms with E-state index in [0.29, 0.717) is 18.6 Å². The average molecular weight is 371 g/mol. The average Bonchev–Trinajstić information content (AvgIpc) is 3.24. The molecule has 0 aliphatic carbocycles. The van der Waals surface area contributed by atoms with Crippen molar-refractivity contribution in [2.45, 2.75) is 76.5 Å². The van der Waals surface area contributed by atoms with Gasteiger partial charge in [-0.25, -0.2) is 0 Å². The largest absolute Gasteiger partial charge is 0.455 e. The minimum absolute atomic E-state index is 0.0266. The molecule has 1 N–H and O–H groups in total. The quantitative estimate of drug-likeness (QED) is 0.879. The first kappa shape index (κ1) is 18.3. The zero-order valence-corrected chi connectivity index (χ0v) is 16.8. The van der Waals surface area contributed by atoms with Gasteiger partial charge in [-0.05, 0) is 31.9 Å². The highest BCUT2D eigenvalue weighted by atomic mass is 16.4. The molecule has 6 nitrogen and oxygen atoms in total. The van der Waals surface area contributed by atoms with Crippen LogP contribution in [0.5, 0.6) is 0 Å². The normalized spacial score (nSPS) is 28.0. The number of carbonyl (C=O) groups excluding carboxylic acids is 1. The Balaban J connectivity index is 1.61. The second-order valence-corrected chi connectivity index (χ2v) is 9.25. The van der Waals surface area contributed by atoms with Crippen LogP contribution in [0.4, 0.5) is 0 Å². The van der Waals surface area contributed by atoms with Gasteiger partial charge in [-0.2, -0.15) is 5.10 Å². The van der Waals surface area contributed by atoms with E-state index in [9.17, 15) is 9.90 Å². The predicted molar refractivity (Wildman–Crippen MR) is 101 cm³/mol. The van der Waals surface area contributed by atoms with Gasteiger partial charge < -0.3 is 14.4 Å². The Bertz CT molecular complexity index is 860. The maximum absolute atomic E-state index is 13.3. The first-order valence-electron chi connectivity index (χ1n) is 9.74. The lowest BCUT2D eigenvalue weighted by atomic mass is 9.83. The molecule has 0 aromatic carbocycles. The van der Waals surface area contributed by atoms with Crippen molar-refractivity contribution in [3.05, 3.63) is 41.1 Å². The molecule has 0 spiro atoms. The van der Waals surface area contributed by atoms with Gasteiger partial charge in [0.25, 0.3) is 5.91 Å². The van der Waals surface area contributed by atoms with Crippen LogP contribution in [0.2, 0.25) is 0 Å². The molecule has 2 saturated heterocycles. The molecule has 2 unspecified atom stereocenters. The first-order chi connectivity index (χ1) is 12.6. The summed E-state index contributed by atoms with van der Waals surface area (Å²) in [6, 6.07) is 3.91. The molecule has 2 aromatic rings. The van der Waals surface area contributed by atoms with Crippen LogP contribution in [0, 0.1) is 6.92 Å². The zero-order chi connectivity index (χ0) is 19.6. The van der Waals surface area contributed by atoms with Crippen LogP contribution in [0.1, 0.15) is 74.0 Å². The van der Waals surface area contributed by atoms with E-state index in [1.807, 2.05) is 31.0 Å². The Morgan fingerprint density at radius 3 is 2.41 bits per heavy atom. The van der Waals surface area contributed by atoms with Crippen LogP contribution in [0.15, 0.2) is 22.7 Å². The van der Waals surface area contributed by atoms with Gasteiger partial charge >= 0.3 is 0 Å². The summed E-state index contributed by atoms with van der Waals surface area (Å²) in [5, 5.41) is 15.5. The van der Waals surface area contributed by atoms with E-state index < -0.39 is 5.60 Å². The minimum atomic E-state index is -0.928. The van der Waals surface area contributed by atoms with Crippen molar-refractivity contribution in [2.75, 3.05) is 0 Å². The smallest absolute Gasteiger partial charge is 0.290 e. The summed E-state index contributed by atoms with van der Waals surface area (Å²) < 4.78 is 7.73. The number of aromatic nitrogens is 2. The van der Waals surface area contributed by atoms with E-state index in [-0.39, 0.29) is 23.4 Å². The Morgan fingerprint density at radius 2 is 1.93 bits per heavy atom. The molecule has 27 heavy (non-hydrogen) atoms. The lowest BCUT2D eigenvalue weighted by Crippen LogP contribution is -2.52. The number of fused-ring (bicyclic) bond motifs is 2. The van der Waals surface area contributed by atoms with Crippen LogP contribution in [0.25, 0.3) is 0 Å². The molecule has 0 radical (unpaired) electrons. The molecular formula is C21H29N3O3. The topological polar surface area (TPSA) is 71.5 Å². The number of rotatable bonds is 2. The summed E-state index contributed by atoms with van der Waals surface area (Å²) in [5.41, 5.74) is 0.652. The Kier molecular flexibility index (Phi) is 4.04. The second-order valence-electron chi connectivity index (χ2n) is 9.25. The maximum Gasteiger partial charge on any atom is 0.290 e. The van der Waals surface area contributed by atoms with E-state index in [1.165, 1.54) is 0 Å². The lowest BCUT2D eigenvalue weighted by Gasteiger charge is -2.43. The summed E-state index contributed by atoms with van der Waals surface area (Å²) in [5.74, 6) is 1.24. The standard InChI is InChI=1S/C21H29N3O3/c1-13-10-17(20(2,3)4)27-18(13)19(25)24-14-6-7-15(24)12-21(26,11-14)16-8-9-22-23(16)5/h8-10,14-15,26H,6-7,11-12H2,1-5H3. The highest BCUT2D eigenvalue weighted by Gasteiger charge is 2.51. The van der Waals surface area contributed by atoms with Gasteiger partial charge in [-0.1, -0.05) is 20.8 Å². The van der Waals surface area contributed by atoms with E-state index >= 15 is 0 Å². The summed E-state index contributed by atoms with van der Waals surface area (Å²) in [4.78, 5) is 15.3. The summed E-state index contributed by atoms with van der Waals surface area (Å²) in [6.45, 7) is 8.18. The van der Waals surface area contributed by atoms with Crippen molar-refractivity contribution in [1.29, 1.82) is 0 Å². The number of hydrogen-bond acceptors (Lipinski definition) is 4. The number of hydrogen-bond donors (Lipinski definition) is 1. The lowest BCUT2D eigenvalue weighted by molar-refractivity contribution is -0.0537. The SMILES string of the molecule is Cc1cc(C(C)(C)C)oc1C(=O)N1C2CCC1CC(O)(c1ccnn1C)C2. The van der Waals surface area contributed by atoms with E-state index in [4.69, 9.17) is 4.42 Å². The number of amides is 1. The third-order valence-electron chi connectivity index (χ3n) is 6.15. The molecule has 2 aromatic heterocycles. The second kappa shape index (κ2) is 5.96. The third-order valence-corrected chi connectivity index (χ3v) is 6.15. The van der Waals surface area contributed by atoms with Crippen molar-refractivity contribution in [3.63, 3.8) is 0 Å². The molecule has 2 aliphatic heterocycles. The van der Waals surface area contributed by atoms with Crippen molar-refractivity contribution in [2.24, 2.45) is 7.05 Å². The summed E-state index contributed by atoms with van der Waals surface area (Å²) in [6.07, 6.45) is 4.64. The summed E-state index contributed by atoms with van der Waals surface area (Å²) in [7, 11) is 1.85. The molecule has 6 heteroatoms. The maximum atomic E-state index is 13.3. The molecule has 2 aliphatic rings. The number of nitrogens with zero attached hydrogens (tertiary/aromatic N) is 3. The fourth-order valence-corrected chi connectivity index (χ4v) is 4.78. The fourth-order valence-electron chi connectivity index (χ4n) is 4.78. The summed E-state index contributed by atoms with van der Waals surface area (Å²) >= 11 is 0. The molecule has 146 valence electrons. The predicted octanol–water partition coefficient (Wildman–Crippen LogP) is 3.27. The van der Waals surface area contributed by atoms with Gasteiger partial charge in [0.15, 0.2) is 5.76 Å². The molecule has 2 atom stereocenters. The number of aryl methyl sites for hydroxylation is 2. The Labute approximate surface area is 160 Å². The van der Waals surface area contributed by atoms with Gasteiger partial charge in [0.05, 0.1) is 5.69 Å². The number of carbonyl (C=O) groups is 1. The number of piperidine rings is 1. The van der Waals surface area contributed by atoms with Gasteiger partial charge in [-0.15, -0.1) is 0 Å². The van der Waals surface area contributed by atoms with E-state index in [1.54, 1.807) is 10.9 Å². The van der Waals surface area contributed by atoms with Crippen molar-refractivity contribution >= 4 is 5.91 Å². The van der Waals surface area contributed by atoms with Crippen LogP contribution >= 0.6 is 0 Å². The number of aliphatic hydroxyl groups is 1. The third kappa shape index (κ3) is 2.90. The molecule has 4 heterocycles. The van der Waals surface area contributed by atoms with Gasteiger partial charge in [-0.3, -0.25) is 9.48 Å². The van der Waals surface area contributed by atoms with Gasteiger partial charge in [0.2, 0.25) is 0 Å². The zero-order valence-electron chi connectivity index (χ0n) is 16.8. The highest BCUT2D eigenvalue weighted by Crippen LogP contribution is 2.46. The molecule has 4 rings (SSSR count). The first-order valence-corrected chi connectivity index (χ1v) is 9.74. The highest BCUT2D eigenvalue weighted by molar-refractivity contribution is 5.93. The molecule has 2 bridgehead atoms. The van der Waals surface area contributed by atoms with Gasteiger partial charge in [0.1, 0.15) is 11.4 Å². The van der Waals surface area contributed by atoms with Crippen LogP contribution < -0.4 is 0 Å². The number of furan rings is 1. The Morgan fingerprint density at radius 1 is 1.30 bits per heavy atom. The molecule has 1 amide bonds. The van der Waals surface area contributed by atoms with E-state index in [0.717, 1.165) is 29.9 Å². The van der Waals surface area contributed by atoms with Crippen LogP contribution in [-0.2, 0) is 18.1 Å². The molecule has 0 saturated carbocycles. The van der Waals surface area contributed by atoms with Crippen molar-refractivity contribution < 1.29 is 14.3 Å². The van der Waals surface area contributed by atoms with Crippen LogP contribution in [-0.4, -0.2) is 37.8 Å². The Hall–Kier alpha value is -2.08. The van der Waals surface area contributed by atoms with Crippen molar-refractivity contribution in [3.8, 4) is 0 Å². The van der Waals surface area contributed by atoms with Crippen molar-refractivity contribution in [1.82, 2.24) is 14.7 Å². The van der Waals surface area contributed by atoms with Gasteiger partial charge in [0, 0.05) is 49.1 Å². The molecule has 2 fully saturated rings. The monoisotopic (exact) mass is 371 g/mol. The fraction of sp³-hybridized carbons (Fsp3) is 0.619. The molecular weight excluding hydrogens is 342 g/mol. The minimum Gasteiger partial charge on any atom is -0.455 e. The van der Waals surface area contributed by atoms with E-state index in [2.05, 4.69) is 25.9 Å². The van der Waals surface area contributed by atoms with Crippen LogP contribution in [0.3, 0.4) is 0 Å².